The van der Waals surface area contributed by atoms with E-state index in [1.807, 2.05) is 62.4 Å². The average molecular weight is 330 g/mol. The molecule has 0 bridgehead atoms. The standard InChI is InChI=1S/C17H16BrNO/c1-12-8-9-16(13(2)10-12)19-17(20)15(18)11-14-6-4-3-5-7-14/h3-11H,1-2H3,(H,19,20)/b15-11-. The van der Waals surface area contributed by atoms with Crippen LogP contribution in [-0.4, -0.2) is 5.91 Å². The van der Waals surface area contributed by atoms with E-state index in [2.05, 4.69) is 21.2 Å². The van der Waals surface area contributed by atoms with Crippen molar-refractivity contribution in [3.63, 3.8) is 0 Å². The summed E-state index contributed by atoms with van der Waals surface area (Å²) in [5, 5.41) is 2.90. The maximum absolute atomic E-state index is 12.1. The lowest BCUT2D eigenvalue weighted by Crippen LogP contribution is -2.12. The minimum Gasteiger partial charge on any atom is -0.321 e. The molecule has 0 aliphatic carbocycles. The highest BCUT2D eigenvalue weighted by molar-refractivity contribution is 9.12. The van der Waals surface area contributed by atoms with E-state index >= 15 is 0 Å². The van der Waals surface area contributed by atoms with Crippen LogP contribution in [0.2, 0.25) is 0 Å². The van der Waals surface area contributed by atoms with E-state index in [-0.39, 0.29) is 5.91 Å². The van der Waals surface area contributed by atoms with Crippen molar-refractivity contribution in [2.24, 2.45) is 0 Å². The van der Waals surface area contributed by atoms with Crippen LogP contribution in [0.1, 0.15) is 16.7 Å². The fourth-order valence-electron chi connectivity index (χ4n) is 1.90. The summed E-state index contributed by atoms with van der Waals surface area (Å²) in [7, 11) is 0. The molecule has 20 heavy (non-hydrogen) atoms. The number of carbonyl (C=O) groups excluding carboxylic acids is 1. The van der Waals surface area contributed by atoms with Crippen molar-refractivity contribution in [3.05, 3.63) is 69.7 Å². The molecule has 1 amide bonds. The van der Waals surface area contributed by atoms with Gasteiger partial charge in [0.2, 0.25) is 0 Å². The van der Waals surface area contributed by atoms with Crippen LogP contribution in [0, 0.1) is 13.8 Å². The van der Waals surface area contributed by atoms with Gasteiger partial charge in [-0.3, -0.25) is 4.79 Å². The van der Waals surface area contributed by atoms with Gasteiger partial charge in [0, 0.05) is 5.69 Å². The molecular formula is C17H16BrNO. The molecule has 0 aromatic heterocycles. The number of halogens is 1. The molecule has 0 aliphatic heterocycles. The van der Waals surface area contributed by atoms with Gasteiger partial charge in [0.1, 0.15) is 0 Å². The molecular weight excluding hydrogens is 314 g/mol. The van der Waals surface area contributed by atoms with Crippen LogP contribution in [0.5, 0.6) is 0 Å². The predicted molar refractivity (Wildman–Crippen MR) is 87.9 cm³/mol. The zero-order valence-corrected chi connectivity index (χ0v) is 13.1. The fraction of sp³-hybridized carbons (Fsp3) is 0.118. The highest BCUT2D eigenvalue weighted by Crippen LogP contribution is 2.19. The molecule has 1 N–H and O–H groups in total. The third-order valence-electron chi connectivity index (χ3n) is 2.94. The predicted octanol–water partition coefficient (Wildman–Crippen LogP) is 4.68. The maximum atomic E-state index is 12.1. The summed E-state index contributed by atoms with van der Waals surface area (Å²) in [6.45, 7) is 4.02. The number of hydrogen-bond donors (Lipinski definition) is 1. The van der Waals surface area contributed by atoms with Gasteiger partial charge in [-0.15, -0.1) is 0 Å². The first-order chi connectivity index (χ1) is 9.56. The molecule has 0 radical (unpaired) electrons. The van der Waals surface area contributed by atoms with Gasteiger partial charge < -0.3 is 5.32 Å². The van der Waals surface area contributed by atoms with Gasteiger partial charge in [0.15, 0.2) is 0 Å². The Balaban J connectivity index is 2.14. The normalized spacial score (nSPS) is 11.2. The second-order valence-electron chi connectivity index (χ2n) is 4.68. The molecule has 3 heteroatoms. The first-order valence-electron chi connectivity index (χ1n) is 6.37. The minimum absolute atomic E-state index is 0.152. The molecule has 2 nitrogen and oxygen atoms in total. The second-order valence-corrected chi connectivity index (χ2v) is 5.53. The topological polar surface area (TPSA) is 29.1 Å². The lowest BCUT2D eigenvalue weighted by atomic mass is 10.1. The Hall–Kier alpha value is -1.87. The van der Waals surface area contributed by atoms with E-state index in [0.29, 0.717) is 4.48 Å². The van der Waals surface area contributed by atoms with Gasteiger partial charge >= 0.3 is 0 Å². The molecule has 0 unspecified atom stereocenters. The molecule has 102 valence electrons. The van der Waals surface area contributed by atoms with Crippen molar-refractivity contribution in [3.8, 4) is 0 Å². The summed E-state index contributed by atoms with van der Waals surface area (Å²) in [5.41, 5.74) is 4.05. The van der Waals surface area contributed by atoms with Gasteiger partial charge in [0.05, 0.1) is 4.48 Å². The number of nitrogens with one attached hydrogen (secondary N) is 1. The number of hydrogen-bond acceptors (Lipinski definition) is 1. The van der Waals surface area contributed by atoms with Crippen LogP contribution >= 0.6 is 15.9 Å². The van der Waals surface area contributed by atoms with E-state index in [0.717, 1.165) is 16.8 Å². The minimum atomic E-state index is -0.152. The van der Waals surface area contributed by atoms with E-state index in [1.54, 1.807) is 6.08 Å². The summed E-state index contributed by atoms with van der Waals surface area (Å²) in [6, 6.07) is 15.7. The Morgan fingerprint density at radius 3 is 2.45 bits per heavy atom. The van der Waals surface area contributed by atoms with Crippen LogP contribution in [0.4, 0.5) is 5.69 Å². The maximum Gasteiger partial charge on any atom is 0.262 e. The van der Waals surface area contributed by atoms with Crippen molar-refractivity contribution in [1.29, 1.82) is 0 Å². The summed E-state index contributed by atoms with van der Waals surface area (Å²) >= 11 is 3.33. The van der Waals surface area contributed by atoms with Crippen LogP contribution < -0.4 is 5.32 Å². The highest BCUT2D eigenvalue weighted by Gasteiger charge is 2.08. The second kappa shape index (κ2) is 6.53. The van der Waals surface area contributed by atoms with Crippen molar-refractivity contribution in [1.82, 2.24) is 0 Å². The average Bonchev–Trinajstić information content (AvgIpc) is 2.43. The quantitative estimate of drug-likeness (QED) is 0.814. The molecule has 0 saturated carbocycles. The van der Waals surface area contributed by atoms with Crippen molar-refractivity contribution in [2.45, 2.75) is 13.8 Å². The lowest BCUT2D eigenvalue weighted by Gasteiger charge is -2.08. The van der Waals surface area contributed by atoms with Gasteiger partial charge in [-0.05, 0) is 53.0 Å². The molecule has 0 spiro atoms. The molecule has 0 heterocycles. The van der Waals surface area contributed by atoms with E-state index in [9.17, 15) is 4.79 Å². The van der Waals surface area contributed by atoms with E-state index < -0.39 is 0 Å². The summed E-state index contributed by atoms with van der Waals surface area (Å²) in [5.74, 6) is -0.152. The Kier molecular flexibility index (Phi) is 4.74. The van der Waals surface area contributed by atoms with E-state index in [1.165, 1.54) is 5.56 Å². The van der Waals surface area contributed by atoms with Crippen LogP contribution in [0.3, 0.4) is 0 Å². The SMILES string of the molecule is Cc1ccc(NC(=O)/C(Br)=C/c2ccccc2)c(C)c1. The highest BCUT2D eigenvalue weighted by atomic mass is 79.9. The summed E-state index contributed by atoms with van der Waals surface area (Å²) < 4.78 is 0.503. The number of rotatable bonds is 3. The van der Waals surface area contributed by atoms with Crippen molar-refractivity contribution >= 4 is 33.6 Å². The summed E-state index contributed by atoms with van der Waals surface area (Å²) in [6.07, 6.45) is 1.80. The lowest BCUT2D eigenvalue weighted by molar-refractivity contribution is -0.112. The Labute approximate surface area is 127 Å². The van der Waals surface area contributed by atoms with Crippen molar-refractivity contribution < 1.29 is 4.79 Å². The Morgan fingerprint density at radius 1 is 1.10 bits per heavy atom. The number of anilines is 1. The largest absolute Gasteiger partial charge is 0.321 e. The summed E-state index contributed by atoms with van der Waals surface area (Å²) in [4.78, 5) is 12.1. The van der Waals surface area contributed by atoms with Gasteiger partial charge in [-0.1, -0.05) is 48.0 Å². The van der Waals surface area contributed by atoms with Gasteiger partial charge in [0.25, 0.3) is 5.91 Å². The molecule has 0 saturated heterocycles. The molecule has 2 aromatic carbocycles. The van der Waals surface area contributed by atoms with Crippen LogP contribution in [0.25, 0.3) is 6.08 Å². The monoisotopic (exact) mass is 329 g/mol. The zero-order valence-electron chi connectivity index (χ0n) is 11.5. The number of carbonyl (C=O) groups is 1. The number of amides is 1. The third-order valence-corrected chi connectivity index (χ3v) is 3.53. The molecule has 0 fully saturated rings. The number of aryl methyl sites for hydroxylation is 2. The van der Waals surface area contributed by atoms with Crippen LogP contribution in [0.15, 0.2) is 53.0 Å². The van der Waals surface area contributed by atoms with Gasteiger partial charge in [-0.2, -0.15) is 0 Å². The Bertz CT molecular complexity index is 647. The first kappa shape index (κ1) is 14.5. The molecule has 2 aromatic rings. The molecule has 0 aliphatic rings. The molecule has 2 rings (SSSR count). The van der Waals surface area contributed by atoms with Gasteiger partial charge in [-0.25, -0.2) is 0 Å². The molecule has 0 atom stereocenters. The smallest absolute Gasteiger partial charge is 0.262 e. The fourth-order valence-corrected chi connectivity index (χ4v) is 2.26. The first-order valence-corrected chi connectivity index (χ1v) is 7.16. The number of benzene rings is 2. The van der Waals surface area contributed by atoms with E-state index in [4.69, 9.17) is 0 Å². The zero-order chi connectivity index (χ0) is 14.5. The van der Waals surface area contributed by atoms with Crippen molar-refractivity contribution in [2.75, 3.05) is 5.32 Å². The van der Waals surface area contributed by atoms with Crippen LogP contribution in [-0.2, 0) is 4.79 Å². The Morgan fingerprint density at radius 2 is 1.80 bits per heavy atom. The third kappa shape index (κ3) is 3.81.